The molecular weight excluding hydrogens is 258 g/mol. The van der Waals surface area contributed by atoms with Crippen molar-refractivity contribution in [3.63, 3.8) is 0 Å². The number of hydrogen-bond acceptors (Lipinski definition) is 4. The summed E-state index contributed by atoms with van der Waals surface area (Å²) >= 11 is 0. The van der Waals surface area contributed by atoms with E-state index in [9.17, 15) is 4.21 Å². The molecule has 1 aromatic heterocycles. The largest absolute Gasteiger partial charge is 0.357 e. The molecule has 2 heterocycles. The lowest BCUT2D eigenvalue weighted by atomic mass is 10.0. The molecule has 0 aliphatic carbocycles. The normalized spacial score (nSPS) is 18.5. The Morgan fingerprint density at radius 2 is 2.21 bits per heavy atom. The van der Waals surface area contributed by atoms with Crippen LogP contribution in [-0.2, 0) is 10.8 Å². The Labute approximate surface area is 118 Å². The molecule has 1 aliphatic rings. The number of nitrogens with zero attached hydrogens (tertiary/aromatic N) is 2. The Bertz CT molecular complexity index is 391. The molecule has 0 spiro atoms. The van der Waals surface area contributed by atoms with Crippen molar-refractivity contribution in [1.29, 1.82) is 0 Å². The first-order chi connectivity index (χ1) is 9.25. The van der Waals surface area contributed by atoms with Crippen molar-refractivity contribution in [2.75, 3.05) is 36.5 Å². The van der Waals surface area contributed by atoms with Crippen LogP contribution >= 0.6 is 0 Å². The van der Waals surface area contributed by atoms with Crippen LogP contribution in [0.2, 0.25) is 0 Å². The van der Waals surface area contributed by atoms with Crippen LogP contribution in [0, 0.1) is 0 Å². The first-order valence-corrected chi connectivity index (χ1v) is 8.68. The van der Waals surface area contributed by atoms with Gasteiger partial charge < -0.3 is 10.2 Å². The molecule has 2 rings (SSSR count). The molecule has 0 saturated carbocycles. The van der Waals surface area contributed by atoms with Crippen LogP contribution in [-0.4, -0.2) is 46.9 Å². The van der Waals surface area contributed by atoms with Gasteiger partial charge in [0.2, 0.25) is 0 Å². The number of aromatic nitrogens is 1. The molecule has 1 unspecified atom stereocenters. The summed E-state index contributed by atoms with van der Waals surface area (Å²) in [5.74, 6) is 1.89. The maximum absolute atomic E-state index is 11.0. The summed E-state index contributed by atoms with van der Waals surface area (Å²) in [6.07, 6.45) is 6.94. The van der Waals surface area contributed by atoms with Crippen molar-refractivity contribution < 1.29 is 4.21 Å². The predicted molar refractivity (Wildman–Crippen MR) is 81.0 cm³/mol. The third-order valence-corrected chi connectivity index (χ3v) is 4.37. The van der Waals surface area contributed by atoms with E-state index in [2.05, 4.69) is 21.3 Å². The van der Waals surface area contributed by atoms with E-state index in [0.717, 1.165) is 50.5 Å². The van der Waals surface area contributed by atoms with E-state index >= 15 is 0 Å². The second-order valence-electron chi connectivity index (χ2n) is 5.03. The third-order valence-electron chi connectivity index (χ3n) is 3.51. The highest BCUT2D eigenvalue weighted by atomic mass is 32.2. The molecule has 0 radical (unpaired) electrons. The standard InChI is InChI=1S/C14H23N3OS/c1-19(18)12-4-9-15-13-6-10-17(11-7-13)14-5-2-3-8-16-14/h2-3,5,8,13,15H,4,6-7,9-12H2,1H3. The van der Waals surface area contributed by atoms with E-state index in [1.807, 2.05) is 18.3 Å². The molecule has 5 heteroatoms. The summed E-state index contributed by atoms with van der Waals surface area (Å²) in [6, 6.07) is 6.67. The summed E-state index contributed by atoms with van der Waals surface area (Å²) in [6.45, 7) is 3.11. The van der Waals surface area contributed by atoms with Crippen molar-refractivity contribution in [2.24, 2.45) is 0 Å². The van der Waals surface area contributed by atoms with E-state index in [1.54, 1.807) is 6.26 Å². The summed E-state index contributed by atoms with van der Waals surface area (Å²) in [5, 5.41) is 3.57. The van der Waals surface area contributed by atoms with Gasteiger partial charge in [0.1, 0.15) is 5.82 Å². The molecule has 1 N–H and O–H groups in total. The number of rotatable bonds is 6. The van der Waals surface area contributed by atoms with Gasteiger partial charge in [0.25, 0.3) is 0 Å². The molecule has 1 fully saturated rings. The van der Waals surface area contributed by atoms with Crippen LogP contribution in [0.5, 0.6) is 0 Å². The highest BCUT2D eigenvalue weighted by Crippen LogP contribution is 2.17. The lowest BCUT2D eigenvalue weighted by Gasteiger charge is -2.33. The summed E-state index contributed by atoms with van der Waals surface area (Å²) in [7, 11) is -0.659. The van der Waals surface area contributed by atoms with E-state index < -0.39 is 10.8 Å². The highest BCUT2D eigenvalue weighted by molar-refractivity contribution is 7.84. The van der Waals surface area contributed by atoms with Crippen molar-refractivity contribution in [3.05, 3.63) is 24.4 Å². The van der Waals surface area contributed by atoms with Crippen molar-refractivity contribution in [3.8, 4) is 0 Å². The Morgan fingerprint density at radius 3 is 2.84 bits per heavy atom. The maximum Gasteiger partial charge on any atom is 0.128 e. The van der Waals surface area contributed by atoms with Gasteiger partial charge in [-0.2, -0.15) is 0 Å². The van der Waals surface area contributed by atoms with E-state index in [1.165, 1.54) is 0 Å². The average Bonchev–Trinajstić information content (AvgIpc) is 2.45. The van der Waals surface area contributed by atoms with Gasteiger partial charge in [-0.25, -0.2) is 4.98 Å². The highest BCUT2D eigenvalue weighted by Gasteiger charge is 2.19. The van der Waals surface area contributed by atoms with Crippen LogP contribution in [0.25, 0.3) is 0 Å². The van der Waals surface area contributed by atoms with Crippen molar-refractivity contribution in [2.45, 2.75) is 25.3 Å². The fraction of sp³-hybridized carbons (Fsp3) is 0.643. The number of pyridine rings is 1. The minimum Gasteiger partial charge on any atom is -0.357 e. The van der Waals surface area contributed by atoms with Crippen LogP contribution in [0.15, 0.2) is 24.4 Å². The SMILES string of the molecule is CS(=O)CCCNC1CCN(c2ccccn2)CC1. The average molecular weight is 281 g/mol. The summed E-state index contributed by atoms with van der Waals surface area (Å²) in [5.41, 5.74) is 0. The van der Waals surface area contributed by atoms with Crippen LogP contribution in [0.4, 0.5) is 5.82 Å². The molecule has 106 valence electrons. The van der Waals surface area contributed by atoms with Gasteiger partial charge in [0, 0.05) is 48.1 Å². The number of nitrogens with one attached hydrogen (secondary N) is 1. The zero-order valence-electron chi connectivity index (χ0n) is 11.5. The van der Waals surface area contributed by atoms with Gasteiger partial charge in [-0.05, 0) is 37.9 Å². The minimum absolute atomic E-state index is 0.602. The first kappa shape index (κ1) is 14.5. The number of piperidine rings is 1. The molecule has 0 aromatic carbocycles. The second-order valence-corrected chi connectivity index (χ2v) is 6.59. The zero-order valence-corrected chi connectivity index (χ0v) is 12.4. The van der Waals surface area contributed by atoms with E-state index in [4.69, 9.17) is 0 Å². The minimum atomic E-state index is -0.659. The molecule has 19 heavy (non-hydrogen) atoms. The lowest BCUT2D eigenvalue weighted by Crippen LogP contribution is -2.43. The lowest BCUT2D eigenvalue weighted by molar-refractivity contribution is 0.415. The smallest absolute Gasteiger partial charge is 0.128 e. The van der Waals surface area contributed by atoms with Gasteiger partial charge in [-0.3, -0.25) is 4.21 Å². The first-order valence-electron chi connectivity index (χ1n) is 6.95. The van der Waals surface area contributed by atoms with Gasteiger partial charge in [0.05, 0.1) is 0 Å². The van der Waals surface area contributed by atoms with Crippen LogP contribution in [0.1, 0.15) is 19.3 Å². The van der Waals surface area contributed by atoms with Gasteiger partial charge in [0.15, 0.2) is 0 Å². The van der Waals surface area contributed by atoms with Crippen molar-refractivity contribution >= 4 is 16.6 Å². The van der Waals surface area contributed by atoms with E-state index in [0.29, 0.717) is 6.04 Å². The molecule has 1 saturated heterocycles. The molecule has 1 atom stereocenters. The van der Waals surface area contributed by atoms with Crippen LogP contribution < -0.4 is 10.2 Å². The Morgan fingerprint density at radius 1 is 1.42 bits per heavy atom. The maximum atomic E-state index is 11.0. The third kappa shape index (κ3) is 4.91. The Hall–Kier alpha value is -0.940. The molecule has 1 aliphatic heterocycles. The summed E-state index contributed by atoms with van der Waals surface area (Å²) < 4.78 is 11.0. The number of hydrogen-bond donors (Lipinski definition) is 1. The second kappa shape index (κ2) is 7.60. The molecule has 4 nitrogen and oxygen atoms in total. The zero-order chi connectivity index (χ0) is 13.5. The Kier molecular flexibility index (Phi) is 5.79. The van der Waals surface area contributed by atoms with Gasteiger partial charge in [-0.1, -0.05) is 6.07 Å². The van der Waals surface area contributed by atoms with E-state index in [-0.39, 0.29) is 0 Å². The molecular formula is C14H23N3OS. The quantitative estimate of drug-likeness (QED) is 0.801. The molecule has 0 amide bonds. The topological polar surface area (TPSA) is 45.2 Å². The molecule has 1 aromatic rings. The van der Waals surface area contributed by atoms with Crippen LogP contribution in [0.3, 0.4) is 0 Å². The number of anilines is 1. The summed E-state index contributed by atoms with van der Waals surface area (Å²) in [4.78, 5) is 6.74. The van der Waals surface area contributed by atoms with Gasteiger partial charge in [-0.15, -0.1) is 0 Å². The van der Waals surface area contributed by atoms with Gasteiger partial charge >= 0.3 is 0 Å². The fourth-order valence-corrected chi connectivity index (χ4v) is 2.99. The fourth-order valence-electron chi connectivity index (χ4n) is 2.44. The Balaban J connectivity index is 1.67. The molecule has 0 bridgehead atoms. The predicted octanol–water partition coefficient (Wildman–Crippen LogP) is 1.41. The monoisotopic (exact) mass is 281 g/mol. The van der Waals surface area contributed by atoms with Crippen molar-refractivity contribution in [1.82, 2.24) is 10.3 Å².